The van der Waals surface area contributed by atoms with E-state index >= 15 is 0 Å². The van der Waals surface area contributed by atoms with Crippen molar-refractivity contribution in [2.45, 2.75) is 0 Å². The Morgan fingerprint density at radius 2 is 2.31 bits per heavy atom. The quantitative estimate of drug-likeness (QED) is 0.768. The number of benzene rings is 1. The number of tetrazole rings is 1. The van der Waals surface area contributed by atoms with E-state index in [2.05, 4.69) is 15.5 Å². The van der Waals surface area contributed by atoms with Crippen LogP contribution in [0.3, 0.4) is 0 Å². The van der Waals surface area contributed by atoms with Gasteiger partial charge in [0.1, 0.15) is 6.33 Å². The minimum absolute atomic E-state index is 0.0336. The highest BCUT2D eigenvalue weighted by atomic mass is 16.4. The first-order valence-corrected chi connectivity index (χ1v) is 4.23. The van der Waals surface area contributed by atoms with E-state index < -0.39 is 5.97 Å². The number of aromatic carboxylic acids is 1. The van der Waals surface area contributed by atoms with Crippen molar-refractivity contribution in [2.24, 2.45) is 0 Å². The summed E-state index contributed by atoms with van der Waals surface area (Å²) < 4.78 is 1.20. The molecule has 1 N–H and O–H groups in total. The average Bonchev–Trinajstić information content (AvgIpc) is 2.81. The minimum Gasteiger partial charge on any atom is -0.478 e. The van der Waals surface area contributed by atoms with Crippen molar-refractivity contribution in [3.05, 3.63) is 35.7 Å². The Balaban J connectivity index is 2.65. The molecule has 2 rings (SSSR count). The van der Waals surface area contributed by atoms with E-state index in [0.717, 1.165) is 0 Å². The zero-order valence-corrected chi connectivity index (χ0v) is 7.90. The lowest BCUT2D eigenvalue weighted by atomic mass is 10.1. The summed E-state index contributed by atoms with van der Waals surface area (Å²) >= 11 is 0. The van der Waals surface area contributed by atoms with Crippen molar-refractivity contribution in [3.8, 4) is 11.8 Å². The Kier molecular flexibility index (Phi) is 2.31. The van der Waals surface area contributed by atoms with Gasteiger partial charge in [0.25, 0.3) is 0 Å². The molecular weight excluding hydrogens is 210 g/mol. The van der Waals surface area contributed by atoms with E-state index in [4.69, 9.17) is 10.4 Å². The molecule has 0 atom stereocenters. The van der Waals surface area contributed by atoms with Crippen LogP contribution in [0.4, 0.5) is 0 Å². The summed E-state index contributed by atoms with van der Waals surface area (Å²) in [6, 6.07) is 6.11. The number of carboxylic acids is 1. The molecule has 0 bridgehead atoms. The number of carbonyl (C=O) groups is 1. The Hall–Kier alpha value is -2.75. The molecule has 7 heteroatoms. The molecule has 0 spiro atoms. The molecule has 1 aromatic carbocycles. The maximum absolute atomic E-state index is 11.0. The first-order valence-electron chi connectivity index (χ1n) is 4.23. The second-order valence-corrected chi connectivity index (χ2v) is 2.90. The Labute approximate surface area is 89.6 Å². The van der Waals surface area contributed by atoms with Crippen molar-refractivity contribution < 1.29 is 9.90 Å². The van der Waals surface area contributed by atoms with Crippen molar-refractivity contribution in [3.63, 3.8) is 0 Å². The van der Waals surface area contributed by atoms with Gasteiger partial charge in [-0.1, -0.05) is 0 Å². The van der Waals surface area contributed by atoms with Crippen LogP contribution in [0.5, 0.6) is 0 Å². The third-order valence-corrected chi connectivity index (χ3v) is 1.95. The van der Waals surface area contributed by atoms with Gasteiger partial charge in [-0.15, -0.1) is 5.10 Å². The van der Waals surface area contributed by atoms with Gasteiger partial charge >= 0.3 is 5.97 Å². The van der Waals surface area contributed by atoms with Gasteiger partial charge in [-0.2, -0.15) is 9.94 Å². The second-order valence-electron chi connectivity index (χ2n) is 2.90. The fourth-order valence-corrected chi connectivity index (χ4v) is 1.24. The highest BCUT2D eigenvalue weighted by molar-refractivity contribution is 5.92. The van der Waals surface area contributed by atoms with Crippen LogP contribution in [0.1, 0.15) is 15.9 Å². The first kappa shape index (κ1) is 9.79. The van der Waals surface area contributed by atoms with Gasteiger partial charge in [-0.05, 0) is 28.6 Å². The molecule has 2 aromatic rings. The number of nitrogens with zero attached hydrogens (tertiary/aromatic N) is 5. The number of rotatable bonds is 2. The molecular formula is C9H5N5O2. The Bertz CT molecular complexity index is 570. The van der Waals surface area contributed by atoms with E-state index in [1.165, 1.54) is 29.2 Å². The SMILES string of the molecule is N#Cc1ccc(C(=O)O)c(-n2cnnn2)c1. The van der Waals surface area contributed by atoms with Crippen LogP contribution in [0.25, 0.3) is 5.69 Å². The molecule has 0 aliphatic carbocycles. The molecule has 0 amide bonds. The van der Waals surface area contributed by atoms with Gasteiger partial charge in [-0.3, -0.25) is 0 Å². The van der Waals surface area contributed by atoms with Crippen molar-refractivity contribution in [2.75, 3.05) is 0 Å². The fourth-order valence-electron chi connectivity index (χ4n) is 1.24. The van der Waals surface area contributed by atoms with Crippen molar-refractivity contribution in [1.82, 2.24) is 20.2 Å². The molecule has 1 heterocycles. The molecule has 0 saturated carbocycles. The fraction of sp³-hybridized carbons (Fsp3) is 0. The van der Waals surface area contributed by atoms with Gasteiger partial charge in [0.15, 0.2) is 0 Å². The summed E-state index contributed by atoms with van der Waals surface area (Å²) in [6.45, 7) is 0. The molecule has 0 saturated heterocycles. The molecule has 0 radical (unpaired) electrons. The summed E-state index contributed by atoms with van der Waals surface area (Å²) in [6.07, 6.45) is 1.27. The number of carboxylic acid groups (broad SMARTS) is 1. The predicted molar refractivity (Wildman–Crippen MR) is 50.8 cm³/mol. The van der Waals surface area contributed by atoms with Gasteiger partial charge in [-0.25, -0.2) is 4.79 Å². The van der Waals surface area contributed by atoms with Crippen LogP contribution < -0.4 is 0 Å². The predicted octanol–water partition coefficient (Wildman–Crippen LogP) is 0.232. The standard InChI is InChI=1S/C9H5N5O2/c10-4-6-1-2-7(9(15)16)8(3-6)14-5-11-12-13-14/h1-3,5H,(H,15,16). The summed E-state index contributed by atoms with van der Waals surface area (Å²) in [5, 5.41) is 28.1. The second kappa shape index (κ2) is 3.78. The zero-order valence-electron chi connectivity index (χ0n) is 7.90. The van der Waals surface area contributed by atoms with Crippen LogP contribution in [-0.4, -0.2) is 31.3 Å². The minimum atomic E-state index is -1.10. The third kappa shape index (κ3) is 1.59. The van der Waals surface area contributed by atoms with Crippen LogP contribution in [0.2, 0.25) is 0 Å². The summed E-state index contributed by atoms with van der Waals surface area (Å²) in [5.74, 6) is -1.10. The van der Waals surface area contributed by atoms with E-state index in [-0.39, 0.29) is 11.3 Å². The topological polar surface area (TPSA) is 105 Å². The number of hydrogen-bond acceptors (Lipinski definition) is 5. The zero-order chi connectivity index (χ0) is 11.5. The summed E-state index contributed by atoms with van der Waals surface area (Å²) in [4.78, 5) is 11.0. The maximum Gasteiger partial charge on any atom is 0.337 e. The lowest BCUT2D eigenvalue weighted by molar-refractivity contribution is 0.0696. The molecule has 0 fully saturated rings. The molecule has 1 aromatic heterocycles. The van der Waals surface area contributed by atoms with E-state index in [0.29, 0.717) is 5.56 Å². The van der Waals surface area contributed by atoms with E-state index in [1.54, 1.807) is 0 Å². The van der Waals surface area contributed by atoms with Gasteiger partial charge in [0.05, 0.1) is 22.9 Å². The smallest absolute Gasteiger partial charge is 0.337 e. The highest BCUT2D eigenvalue weighted by Crippen LogP contribution is 2.15. The van der Waals surface area contributed by atoms with Crippen LogP contribution in [0.15, 0.2) is 24.5 Å². The molecule has 0 aliphatic rings. The maximum atomic E-state index is 11.0. The highest BCUT2D eigenvalue weighted by Gasteiger charge is 2.13. The largest absolute Gasteiger partial charge is 0.478 e. The van der Waals surface area contributed by atoms with E-state index in [9.17, 15) is 4.79 Å². The Morgan fingerprint density at radius 1 is 1.50 bits per heavy atom. The lowest BCUT2D eigenvalue weighted by Gasteiger charge is -2.04. The van der Waals surface area contributed by atoms with Gasteiger partial charge in [0, 0.05) is 0 Å². The summed E-state index contributed by atoms with van der Waals surface area (Å²) in [5.41, 5.74) is 0.637. The summed E-state index contributed by atoms with van der Waals surface area (Å²) in [7, 11) is 0. The lowest BCUT2D eigenvalue weighted by Crippen LogP contribution is -2.06. The number of aromatic nitrogens is 4. The van der Waals surface area contributed by atoms with Gasteiger partial charge in [0.2, 0.25) is 0 Å². The van der Waals surface area contributed by atoms with Crippen LogP contribution >= 0.6 is 0 Å². The Morgan fingerprint density at radius 3 is 2.88 bits per heavy atom. The molecule has 0 aliphatic heterocycles. The first-order chi connectivity index (χ1) is 7.72. The monoisotopic (exact) mass is 215 g/mol. The molecule has 78 valence electrons. The number of nitriles is 1. The molecule has 7 nitrogen and oxygen atoms in total. The third-order valence-electron chi connectivity index (χ3n) is 1.95. The van der Waals surface area contributed by atoms with E-state index in [1.807, 2.05) is 6.07 Å². The van der Waals surface area contributed by atoms with Crippen molar-refractivity contribution >= 4 is 5.97 Å². The van der Waals surface area contributed by atoms with Gasteiger partial charge < -0.3 is 5.11 Å². The van der Waals surface area contributed by atoms with Crippen LogP contribution in [-0.2, 0) is 0 Å². The normalized spacial score (nSPS) is 9.69. The van der Waals surface area contributed by atoms with Crippen molar-refractivity contribution in [1.29, 1.82) is 5.26 Å². The average molecular weight is 215 g/mol. The molecule has 0 unspecified atom stereocenters. The number of hydrogen-bond donors (Lipinski definition) is 1. The van der Waals surface area contributed by atoms with Crippen LogP contribution in [0, 0.1) is 11.3 Å². The molecule has 16 heavy (non-hydrogen) atoms.